The first-order chi connectivity index (χ1) is 6.40. The molecule has 0 unspecified atom stereocenters. The van der Waals surface area contributed by atoms with Crippen LogP contribution in [0.5, 0.6) is 0 Å². The molecule has 0 saturated carbocycles. The third-order valence-corrected chi connectivity index (χ3v) is 1.57. The summed E-state index contributed by atoms with van der Waals surface area (Å²) in [4.78, 5) is 3.91. The molecular weight excluding hydrogens is 164 g/mol. The van der Waals surface area contributed by atoms with Gasteiger partial charge in [0.15, 0.2) is 0 Å². The third kappa shape index (κ3) is 1.40. The fourth-order valence-electron chi connectivity index (χ4n) is 0.988. The van der Waals surface area contributed by atoms with Gasteiger partial charge in [-0.05, 0) is 6.07 Å². The van der Waals surface area contributed by atoms with E-state index in [0.717, 1.165) is 5.69 Å². The van der Waals surface area contributed by atoms with Gasteiger partial charge in [0.25, 0.3) is 0 Å². The zero-order valence-electron chi connectivity index (χ0n) is 6.68. The zero-order chi connectivity index (χ0) is 9.10. The molecule has 2 aromatic rings. The molecule has 61 valence electrons. The van der Waals surface area contributed by atoms with Crippen LogP contribution in [-0.4, -0.2) is 14.8 Å². The Morgan fingerprint density at radius 3 is 3.08 bits per heavy atom. The van der Waals surface area contributed by atoms with Gasteiger partial charge in [-0.2, -0.15) is 10.4 Å². The van der Waals surface area contributed by atoms with E-state index in [-0.39, 0.29) is 0 Å². The van der Waals surface area contributed by atoms with Gasteiger partial charge in [0.1, 0.15) is 6.07 Å². The second-order valence-corrected chi connectivity index (χ2v) is 2.43. The van der Waals surface area contributed by atoms with Gasteiger partial charge in [0, 0.05) is 18.5 Å². The average Bonchev–Trinajstić information content (AvgIpc) is 2.71. The number of pyridine rings is 1. The summed E-state index contributed by atoms with van der Waals surface area (Å²) in [6, 6.07) is 6.54. The summed E-state index contributed by atoms with van der Waals surface area (Å²) in [6.45, 7) is 0. The highest BCUT2D eigenvalue weighted by Gasteiger charge is 1.97. The molecule has 0 spiro atoms. The van der Waals surface area contributed by atoms with Crippen LogP contribution in [0, 0.1) is 17.4 Å². The van der Waals surface area contributed by atoms with Gasteiger partial charge >= 0.3 is 0 Å². The first-order valence-corrected chi connectivity index (χ1v) is 3.66. The third-order valence-electron chi connectivity index (χ3n) is 1.57. The lowest BCUT2D eigenvalue weighted by atomic mass is 10.3. The Hall–Kier alpha value is -2.15. The van der Waals surface area contributed by atoms with Crippen molar-refractivity contribution < 1.29 is 0 Å². The smallest absolute Gasteiger partial charge is 0.101 e. The number of aromatic nitrogens is 3. The molecule has 13 heavy (non-hydrogen) atoms. The minimum atomic E-state index is 0.521. The molecule has 0 aliphatic rings. The van der Waals surface area contributed by atoms with Gasteiger partial charge < -0.3 is 0 Å². The molecule has 4 heteroatoms. The number of hydrogen-bond acceptors (Lipinski definition) is 3. The van der Waals surface area contributed by atoms with Crippen molar-refractivity contribution in [2.45, 2.75) is 0 Å². The average molecular weight is 169 g/mol. The van der Waals surface area contributed by atoms with Crippen molar-refractivity contribution in [2.75, 3.05) is 0 Å². The van der Waals surface area contributed by atoms with Gasteiger partial charge in [-0.25, -0.2) is 4.68 Å². The maximum Gasteiger partial charge on any atom is 0.101 e. The van der Waals surface area contributed by atoms with E-state index >= 15 is 0 Å². The maximum absolute atomic E-state index is 8.63. The van der Waals surface area contributed by atoms with E-state index in [1.54, 1.807) is 29.3 Å². The predicted octanol–water partition coefficient (Wildman–Crippen LogP) is 0.939. The Balaban J connectivity index is 2.49. The number of rotatable bonds is 1. The molecule has 0 atom stereocenters. The fourth-order valence-corrected chi connectivity index (χ4v) is 0.988. The highest BCUT2D eigenvalue weighted by Crippen LogP contribution is 2.05. The van der Waals surface area contributed by atoms with Crippen molar-refractivity contribution in [3.05, 3.63) is 42.5 Å². The van der Waals surface area contributed by atoms with Gasteiger partial charge in [0.2, 0.25) is 0 Å². The lowest BCUT2D eigenvalue weighted by Gasteiger charge is -1.98. The van der Waals surface area contributed by atoms with E-state index < -0.39 is 0 Å². The largest absolute Gasteiger partial charge is 0.261 e. The minimum Gasteiger partial charge on any atom is -0.261 e. The molecular formula is C9H5N4. The van der Waals surface area contributed by atoms with Crippen molar-refractivity contribution in [1.82, 2.24) is 14.8 Å². The summed E-state index contributed by atoms with van der Waals surface area (Å²) < 4.78 is 1.60. The van der Waals surface area contributed by atoms with Crippen LogP contribution < -0.4 is 0 Å². The Bertz CT molecular complexity index is 439. The molecule has 0 N–H and O–H groups in total. The van der Waals surface area contributed by atoms with Gasteiger partial charge in [-0.15, -0.1) is 0 Å². The second kappa shape index (κ2) is 3.07. The van der Waals surface area contributed by atoms with Crippen molar-refractivity contribution in [3.63, 3.8) is 0 Å². The molecule has 0 aliphatic carbocycles. The molecule has 1 radical (unpaired) electrons. The molecule has 0 aliphatic heterocycles. The van der Waals surface area contributed by atoms with Crippen LogP contribution in [0.25, 0.3) is 5.69 Å². The van der Waals surface area contributed by atoms with E-state index in [9.17, 15) is 0 Å². The van der Waals surface area contributed by atoms with Crippen LogP contribution in [0.3, 0.4) is 0 Å². The van der Waals surface area contributed by atoms with Crippen molar-refractivity contribution in [3.8, 4) is 11.8 Å². The Morgan fingerprint density at radius 1 is 1.46 bits per heavy atom. The molecule has 2 aromatic heterocycles. The monoisotopic (exact) mass is 169 g/mol. The molecule has 0 bridgehead atoms. The SMILES string of the molecule is N#Cc1cncc(-n2c[c]cn2)c1. The quantitative estimate of drug-likeness (QED) is 0.638. The van der Waals surface area contributed by atoms with E-state index in [2.05, 4.69) is 16.1 Å². The Morgan fingerprint density at radius 2 is 2.38 bits per heavy atom. The second-order valence-electron chi connectivity index (χ2n) is 2.43. The highest BCUT2D eigenvalue weighted by molar-refractivity contribution is 5.36. The first-order valence-electron chi connectivity index (χ1n) is 3.66. The summed E-state index contributed by atoms with van der Waals surface area (Å²) in [5.41, 5.74) is 1.29. The van der Waals surface area contributed by atoms with E-state index in [1.807, 2.05) is 6.07 Å². The van der Waals surface area contributed by atoms with Gasteiger partial charge in [-0.3, -0.25) is 4.98 Å². The van der Waals surface area contributed by atoms with E-state index in [0.29, 0.717) is 5.56 Å². The number of nitrogens with zero attached hydrogens (tertiary/aromatic N) is 4. The highest BCUT2D eigenvalue weighted by atomic mass is 15.3. The Labute approximate surface area is 75.1 Å². The van der Waals surface area contributed by atoms with Crippen LogP contribution >= 0.6 is 0 Å². The lowest BCUT2D eigenvalue weighted by Crippen LogP contribution is -1.95. The fraction of sp³-hybridized carbons (Fsp3) is 0. The molecule has 2 rings (SSSR count). The van der Waals surface area contributed by atoms with Crippen LogP contribution in [0.2, 0.25) is 0 Å². The standard InChI is InChI=1S/C9H5N4/c10-5-8-4-9(7-11-6-8)13-3-1-2-12-13/h2-4,6-7H. The topological polar surface area (TPSA) is 54.5 Å². The normalized spacial score (nSPS) is 9.46. The number of hydrogen-bond donors (Lipinski definition) is 0. The molecule has 0 fully saturated rings. The van der Waals surface area contributed by atoms with Crippen molar-refractivity contribution in [2.24, 2.45) is 0 Å². The summed E-state index contributed by atoms with van der Waals surface area (Å²) in [7, 11) is 0. The van der Waals surface area contributed by atoms with Gasteiger partial charge in [0.05, 0.1) is 23.6 Å². The molecule has 4 nitrogen and oxygen atoms in total. The lowest BCUT2D eigenvalue weighted by molar-refractivity contribution is 0.873. The predicted molar refractivity (Wildman–Crippen MR) is 44.9 cm³/mol. The van der Waals surface area contributed by atoms with E-state index in [1.165, 1.54) is 6.20 Å². The maximum atomic E-state index is 8.63. The summed E-state index contributed by atoms with van der Waals surface area (Å²) in [5, 5.41) is 12.6. The van der Waals surface area contributed by atoms with Crippen LogP contribution in [0.4, 0.5) is 0 Å². The Kier molecular flexibility index (Phi) is 1.77. The van der Waals surface area contributed by atoms with Gasteiger partial charge in [-0.1, -0.05) is 0 Å². The van der Waals surface area contributed by atoms with Crippen LogP contribution in [0.15, 0.2) is 30.9 Å². The first kappa shape index (κ1) is 7.50. The number of nitriles is 1. The summed E-state index contributed by atoms with van der Waals surface area (Å²) in [5.74, 6) is 0. The minimum absolute atomic E-state index is 0.521. The molecule has 0 amide bonds. The van der Waals surface area contributed by atoms with Crippen molar-refractivity contribution in [1.29, 1.82) is 5.26 Å². The van der Waals surface area contributed by atoms with E-state index in [4.69, 9.17) is 5.26 Å². The molecule has 0 saturated heterocycles. The zero-order valence-corrected chi connectivity index (χ0v) is 6.68. The summed E-state index contributed by atoms with van der Waals surface area (Å²) in [6.07, 6.45) is 6.38. The van der Waals surface area contributed by atoms with Crippen LogP contribution in [-0.2, 0) is 0 Å². The molecule has 0 aromatic carbocycles. The van der Waals surface area contributed by atoms with Crippen molar-refractivity contribution >= 4 is 0 Å². The molecule has 2 heterocycles. The summed E-state index contributed by atoms with van der Waals surface area (Å²) >= 11 is 0. The van der Waals surface area contributed by atoms with Crippen LogP contribution in [0.1, 0.15) is 5.56 Å².